The molecule has 0 amide bonds. The van der Waals surface area contributed by atoms with Crippen molar-refractivity contribution in [2.75, 3.05) is 5.75 Å². The number of carbonyl (C=O) groups excluding carboxylic acids is 1. The lowest BCUT2D eigenvalue weighted by Crippen LogP contribution is -1.93. The van der Waals surface area contributed by atoms with Crippen LogP contribution in [0.15, 0.2) is 30.9 Å². The number of thioether (sulfide) groups is 1. The van der Waals surface area contributed by atoms with Gasteiger partial charge in [0.25, 0.3) is 0 Å². The number of Topliss-reactive ketones (excluding diaryl/α,β-unsaturated/α-hetero) is 1. The van der Waals surface area contributed by atoms with Crippen LogP contribution in [0.2, 0.25) is 0 Å². The second-order valence-electron chi connectivity index (χ2n) is 3.20. The molecule has 3 heteroatoms. The molecule has 0 aromatic heterocycles. The zero-order valence-corrected chi connectivity index (χ0v) is 9.51. The molecular formula is C12H14O2S. The molecule has 0 fully saturated rings. The van der Waals surface area contributed by atoms with Crippen molar-refractivity contribution in [3.63, 3.8) is 0 Å². The summed E-state index contributed by atoms with van der Waals surface area (Å²) in [4.78, 5) is 11.1. The number of rotatable bonds is 5. The normalized spacial score (nSPS) is 9.93. The van der Waals surface area contributed by atoms with Crippen LogP contribution in [0.1, 0.15) is 22.8 Å². The van der Waals surface area contributed by atoms with Crippen molar-refractivity contribution in [1.82, 2.24) is 0 Å². The second-order valence-corrected chi connectivity index (χ2v) is 4.23. The first-order chi connectivity index (χ1) is 7.15. The highest BCUT2D eigenvalue weighted by atomic mass is 32.2. The Morgan fingerprint density at radius 2 is 2.33 bits per heavy atom. The SMILES string of the molecule is C=CCSCc1cc(C(C)=O)ccc1O. The second kappa shape index (κ2) is 5.61. The van der Waals surface area contributed by atoms with Crippen LogP contribution < -0.4 is 0 Å². The fourth-order valence-corrected chi connectivity index (χ4v) is 1.91. The largest absolute Gasteiger partial charge is 0.508 e. The monoisotopic (exact) mass is 222 g/mol. The molecule has 1 N–H and O–H groups in total. The third-order valence-corrected chi connectivity index (χ3v) is 2.97. The molecule has 1 rings (SSSR count). The first-order valence-electron chi connectivity index (χ1n) is 4.66. The predicted molar refractivity (Wildman–Crippen MR) is 64.5 cm³/mol. The Kier molecular flexibility index (Phi) is 4.43. The summed E-state index contributed by atoms with van der Waals surface area (Å²) in [6.45, 7) is 5.14. The van der Waals surface area contributed by atoms with Crippen LogP contribution in [-0.2, 0) is 5.75 Å². The Labute approximate surface area is 94.0 Å². The highest BCUT2D eigenvalue weighted by Crippen LogP contribution is 2.23. The van der Waals surface area contributed by atoms with Gasteiger partial charge in [-0.15, -0.1) is 6.58 Å². The molecule has 0 spiro atoms. The van der Waals surface area contributed by atoms with Crippen molar-refractivity contribution >= 4 is 17.5 Å². The summed E-state index contributed by atoms with van der Waals surface area (Å²) in [6.07, 6.45) is 1.82. The van der Waals surface area contributed by atoms with Crippen molar-refractivity contribution in [3.8, 4) is 5.75 Å². The number of hydrogen-bond acceptors (Lipinski definition) is 3. The third-order valence-electron chi connectivity index (χ3n) is 1.98. The molecule has 0 bridgehead atoms. The Balaban J connectivity index is 2.80. The lowest BCUT2D eigenvalue weighted by atomic mass is 10.1. The van der Waals surface area contributed by atoms with Crippen LogP contribution in [0.5, 0.6) is 5.75 Å². The lowest BCUT2D eigenvalue weighted by Gasteiger charge is -2.05. The molecule has 0 aliphatic heterocycles. The minimum Gasteiger partial charge on any atom is -0.508 e. The minimum absolute atomic E-state index is 0.0185. The first kappa shape index (κ1) is 11.9. The van der Waals surface area contributed by atoms with Crippen molar-refractivity contribution in [3.05, 3.63) is 42.0 Å². The summed E-state index contributed by atoms with van der Waals surface area (Å²) in [6, 6.07) is 4.95. The van der Waals surface area contributed by atoms with Gasteiger partial charge in [0.15, 0.2) is 5.78 Å². The molecule has 1 aromatic rings. The van der Waals surface area contributed by atoms with E-state index in [0.29, 0.717) is 11.3 Å². The number of carbonyl (C=O) groups is 1. The van der Waals surface area contributed by atoms with Gasteiger partial charge in [-0.05, 0) is 25.1 Å². The highest BCUT2D eigenvalue weighted by Gasteiger charge is 2.05. The molecule has 0 aliphatic rings. The quantitative estimate of drug-likeness (QED) is 0.472. The van der Waals surface area contributed by atoms with Crippen molar-refractivity contribution in [1.29, 1.82) is 0 Å². The van der Waals surface area contributed by atoms with Gasteiger partial charge in [-0.2, -0.15) is 11.8 Å². The van der Waals surface area contributed by atoms with Crippen molar-refractivity contribution in [2.24, 2.45) is 0 Å². The van der Waals surface area contributed by atoms with E-state index in [2.05, 4.69) is 6.58 Å². The zero-order valence-electron chi connectivity index (χ0n) is 8.69. The van der Waals surface area contributed by atoms with E-state index in [1.54, 1.807) is 30.0 Å². The summed E-state index contributed by atoms with van der Waals surface area (Å²) >= 11 is 1.65. The average molecular weight is 222 g/mol. The Bertz CT molecular complexity index is 372. The molecular weight excluding hydrogens is 208 g/mol. The number of phenolic OH excluding ortho intramolecular Hbond substituents is 1. The molecule has 0 saturated heterocycles. The Morgan fingerprint density at radius 3 is 2.93 bits per heavy atom. The molecule has 0 atom stereocenters. The summed E-state index contributed by atoms with van der Waals surface area (Å²) in [5.41, 5.74) is 1.44. The maximum atomic E-state index is 11.1. The topological polar surface area (TPSA) is 37.3 Å². The smallest absolute Gasteiger partial charge is 0.159 e. The zero-order chi connectivity index (χ0) is 11.3. The van der Waals surface area contributed by atoms with Crippen LogP contribution in [0.3, 0.4) is 0 Å². The maximum Gasteiger partial charge on any atom is 0.159 e. The number of phenols is 1. The highest BCUT2D eigenvalue weighted by molar-refractivity contribution is 7.98. The van der Waals surface area contributed by atoms with Gasteiger partial charge in [0, 0.05) is 22.6 Å². The first-order valence-corrected chi connectivity index (χ1v) is 5.82. The van der Waals surface area contributed by atoms with Crippen LogP contribution >= 0.6 is 11.8 Å². The van der Waals surface area contributed by atoms with E-state index in [9.17, 15) is 9.90 Å². The van der Waals surface area contributed by atoms with Gasteiger partial charge in [-0.1, -0.05) is 6.08 Å². The summed E-state index contributed by atoms with van der Waals surface area (Å²) in [5.74, 6) is 1.80. The number of ketones is 1. The van der Waals surface area contributed by atoms with Gasteiger partial charge < -0.3 is 5.11 Å². The molecule has 0 aliphatic carbocycles. The van der Waals surface area contributed by atoms with Gasteiger partial charge in [0.2, 0.25) is 0 Å². The van der Waals surface area contributed by atoms with Crippen LogP contribution in [0.4, 0.5) is 0 Å². The van der Waals surface area contributed by atoms with Gasteiger partial charge in [-0.3, -0.25) is 4.79 Å². The van der Waals surface area contributed by atoms with Crippen molar-refractivity contribution < 1.29 is 9.90 Å². The van der Waals surface area contributed by atoms with E-state index in [1.165, 1.54) is 6.92 Å². The van der Waals surface area contributed by atoms with Gasteiger partial charge in [-0.25, -0.2) is 0 Å². The van der Waals surface area contributed by atoms with Crippen molar-refractivity contribution in [2.45, 2.75) is 12.7 Å². The molecule has 1 aromatic carbocycles. The molecule has 2 nitrogen and oxygen atoms in total. The molecule has 0 radical (unpaired) electrons. The standard InChI is InChI=1S/C12H14O2S/c1-3-6-15-8-11-7-10(9(2)13)4-5-12(11)14/h3-5,7,14H,1,6,8H2,2H3. The van der Waals surface area contributed by atoms with E-state index >= 15 is 0 Å². The Morgan fingerprint density at radius 1 is 1.60 bits per heavy atom. The van der Waals surface area contributed by atoms with E-state index < -0.39 is 0 Å². The third kappa shape index (κ3) is 3.44. The average Bonchev–Trinajstić information content (AvgIpc) is 2.20. The van der Waals surface area contributed by atoms with E-state index in [1.807, 2.05) is 6.08 Å². The number of aromatic hydroxyl groups is 1. The van der Waals surface area contributed by atoms with Gasteiger partial charge in [0.05, 0.1) is 0 Å². The van der Waals surface area contributed by atoms with Gasteiger partial charge >= 0.3 is 0 Å². The number of benzene rings is 1. The van der Waals surface area contributed by atoms with E-state index in [4.69, 9.17) is 0 Å². The Hall–Kier alpha value is -1.22. The van der Waals surface area contributed by atoms with Crippen LogP contribution in [-0.4, -0.2) is 16.6 Å². The maximum absolute atomic E-state index is 11.1. The van der Waals surface area contributed by atoms with Gasteiger partial charge in [0.1, 0.15) is 5.75 Å². The summed E-state index contributed by atoms with van der Waals surface area (Å²) < 4.78 is 0. The lowest BCUT2D eigenvalue weighted by molar-refractivity contribution is 0.101. The molecule has 0 saturated carbocycles. The predicted octanol–water partition coefficient (Wildman–Crippen LogP) is 3.01. The molecule has 0 heterocycles. The van der Waals surface area contributed by atoms with Crippen LogP contribution in [0, 0.1) is 0 Å². The number of hydrogen-bond donors (Lipinski definition) is 1. The summed E-state index contributed by atoms with van der Waals surface area (Å²) in [5, 5.41) is 9.57. The fourth-order valence-electron chi connectivity index (χ4n) is 1.17. The summed E-state index contributed by atoms with van der Waals surface area (Å²) in [7, 11) is 0. The van der Waals surface area contributed by atoms with E-state index in [0.717, 1.165) is 11.3 Å². The fraction of sp³-hybridized carbons (Fsp3) is 0.250. The molecule has 15 heavy (non-hydrogen) atoms. The molecule has 80 valence electrons. The van der Waals surface area contributed by atoms with E-state index in [-0.39, 0.29) is 11.5 Å². The molecule has 0 unspecified atom stereocenters. The minimum atomic E-state index is 0.0185. The van der Waals surface area contributed by atoms with Crippen LogP contribution in [0.25, 0.3) is 0 Å².